The Morgan fingerprint density at radius 2 is 1.85 bits per heavy atom. The van der Waals surface area contributed by atoms with Gasteiger partial charge in [-0.1, -0.05) is 11.3 Å². The highest BCUT2D eigenvalue weighted by atomic mass is 32.2. The average Bonchev–Trinajstić information content (AvgIpc) is 3.33. The number of non-ortho nitro benzene ring substituents is 1. The van der Waals surface area contributed by atoms with Gasteiger partial charge in [0.25, 0.3) is 5.69 Å². The maximum Gasteiger partial charge on any atom is 0.269 e. The van der Waals surface area contributed by atoms with E-state index >= 15 is 0 Å². The molecule has 0 radical (unpaired) electrons. The van der Waals surface area contributed by atoms with Crippen LogP contribution in [0.3, 0.4) is 0 Å². The number of nitrogens with one attached hydrogen (secondary N) is 1. The molecule has 2 N–H and O–H groups in total. The molecule has 0 atom stereocenters. The summed E-state index contributed by atoms with van der Waals surface area (Å²) in [5.41, 5.74) is 2.42. The molecule has 1 aromatic heterocycles. The van der Waals surface area contributed by atoms with Crippen molar-refractivity contribution in [2.45, 2.75) is 19.3 Å². The van der Waals surface area contributed by atoms with Crippen LogP contribution in [0.25, 0.3) is 10.4 Å². The number of piperazine rings is 1. The van der Waals surface area contributed by atoms with E-state index < -0.39 is 20.9 Å². The van der Waals surface area contributed by atoms with E-state index in [0.29, 0.717) is 45.6 Å². The zero-order chi connectivity index (χ0) is 24.6. The minimum Gasteiger partial charge on any atom is -0.381 e. The summed E-state index contributed by atoms with van der Waals surface area (Å²) in [6.07, 6.45) is 2.68. The Labute approximate surface area is 201 Å². The number of hydroxylamine groups is 1. The molecule has 1 aliphatic rings. The highest BCUT2D eigenvalue weighted by Crippen LogP contribution is 2.32. The second-order valence-electron chi connectivity index (χ2n) is 7.62. The first-order valence-corrected chi connectivity index (χ1v) is 13.2. The van der Waals surface area contributed by atoms with E-state index in [2.05, 4.69) is 4.98 Å². The Bertz CT molecular complexity index is 1070. The predicted octanol–water partition coefficient (Wildman–Crippen LogP) is 1.86. The number of amides is 1. The van der Waals surface area contributed by atoms with Gasteiger partial charge >= 0.3 is 0 Å². The maximum absolute atomic E-state index is 12.6. The molecule has 14 heteroatoms. The number of nitro benzene ring substituents is 1. The molecule has 2 aromatic rings. The van der Waals surface area contributed by atoms with Gasteiger partial charge in [0.05, 0.1) is 15.6 Å². The molecule has 1 amide bonds. The standard InChI is InChI=1S/C20H27N5O7S2/c26-19(22-27)3-1-12-32-13-2-14-34(30,31)24-10-8-23(9-11-24)20-21-15-18(33-20)16-4-6-17(7-5-16)25(28)29/h4-7,15,27H,1-3,8-14H2,(H,22,26). The zero-order valence-electron chi connectivity index (χ0n) is 18.5. The number of aromatic nitrogens is 1. The minimum atomic E-state index is -3.39. The molecule has 1 aliphatic heterocycles. The molecule has 34 heavy (non-hydrogen) atoms. The lowest BCUT2D eigenvalue weighted by molar-refractivity contribution is -0.384. The summed E-state index contributed by atoms with van der Waals surface area (Å²) in [7, 11) is -3.39. The van der Waals surface area contributed by atoms with Crippen LogP contribution >= 0.6 is 11.3 Å². The Balaban J connectivity index is 1.42. The number of carbonyl (C=O) groups is 1. The molecular formula is C20H27N5O7S2. The second-order valence-corrected chi connectivity index (χ2v) is 10.7. The van der Waals surface area contributed by atoms with Crippen molar-refractivity contribution >= 4 is 38.1 Å². The smallest absolute Gasteiger partial charge is 0.269 e. The van der Waals surface area contributed by atoms with Gasteiger partial charge in [0, 0.05) is 64.1 Å². The van der Waals surface area contributed by atoms with Crippen LogP contribution in [0.2, 0.25) is 0 Å². The summed E-state index contributed by atoms with van der Waals surface area (Å²) < 4.78 is 32.1. The Kier molecular flexibility index (Phi) is 9.29. The molecule has 0 spiro atoms. The number of anilines is 1. The summed E-state index contributed by atoms with van der Waals surface area (Å²) in [5, 5.41) is 20.0. The van der Waals surface area contributed by atoms with E-state index in [-0.39, 0.29) is 24.5 Å². The number of ether oxygens (including phenoxy) is 1. The summed E-state index contributed by atoms with van der Waals surface area (Å²) >= 11 is 1.46. The maximum atomic E-state index is 12.6. The van der Waals surface area contributed by atoms with E-state index in [9.17, 15) is 23.3 Å². The molecule has 1 saturated heterocycles. The normalized spacial score (nSPS) is 14.8. The van der Waals surface area contributed by atoms with Gasteiger partial charge in [-0.25, -0.2) is 18.9 Å². The Hall–Kier alpha value is -2.65. The van der Waals surface area contributed by atoms with Gasteiger partial charge in [-0.2, -0.15) is 4.31 Å². The number of benzene rings is 1. The first-order valence-electron chi connectivity index (χ1n) is 10.7. The molecule has 0 unspecified atom stereocenters. The number of hydrogen-bond acceptors (Lipinski definition) is 10. The highest BCUT2D eigenvalue weighted by Gasteiger charge is 2.27. The molecule has 0 aliphatic carbocycles. The number of nitrogens with zero attached hydrogens (tertiary/aromatic N) is 4. The number of carbonyl (C=O) groups excluding carboxylic acids is 1. The first kappa shape index (κ1) is 26.0. The van der Waals surface area contributed by atoms with Crippen molar-refractivity contribution in [3.05, 3.63) is 40.6 Å². The largest absolute Gasteiger partial charge is 0.381 e. The third-order valence-electron chi connectivity index (χ3n) is 5.27. The van der Waals surface area contributed by atoms with E-state index in [0.717, 1.165) is 15.6 Å². The number of sulfonamides is 1. The van der Waals surface area contributed by atoms with Crippen molar-refractivity contribution in [1.82, 2.24) is 14.8 Å². The summed E-state index contributed by atoms with van der Waals surface area (Å²) in [6, 6.07) is 6.29. The zero-order valence-corrected chi connectivity index (χ0v) is 20.1. The topological polar surface area (TPSA) is 155 Å². The fraction of sp³-hybridized carbons (Fsp3) is 0.500. The lowest BCUT2D eigenvalue weighted by Crippen LogP contribution is -2.49. The molecule has 0 bridgehead atoms. The van der Waals surface area contributed by atoms with Crippen LogP contribution < -0.4 is 10.4 Å². The van der Waals surface area contributed by atoms with Gasteiger partial charge in [-0.3, -0.25) is 20.1 Å². The van der Waals surface area contributed by atoms with E-state index in [4.69, 9.17) is 9.94 Å². The van der Waals surface area contributed by atoms with Crippen molar-refractivity contribution in [3.8, 4) is 10.4 Å². The minimum absolute atomic E-state index is 0.00826. The van der Waals surface area contributed by atoms with Crippen LogP contribution in [0.4, 0.5) is 10.8 Å². The summed E-state index contributed by atoms with van der Waals surface area (Å²) in [4.78, 5) is 28.6. The van der Waals surface area contributed by atoms with Crippen molar-refractivity contribution in [2.24, 2.45) is 0 Å². The summed E-state index contributed by atoms with van der Waals surface area (Å²) in [6.45, 7) is 2.38. The number of hydrogen-bond donors (Lipinski definition) is 2. The lowest BCUT2D eigenvalue weighted by Gasteiger charge is -2.33. The quantitative estimate of drug-likeness (QED) is 0.187. The SMILES string of the molecule is O=C(CCCOCCCS(=O)(=O)N1CCN(c2ncc(-c3ccc([N+](=O)[O-])cc3)s2)CC1)NO. The third kappa shape index (κ3) is 7.17. The Morgan fingerprint density at radius 3 is 2.50 bits per heavy atom. The van der Waals surface area contributed by atoms with Gasteiger partial charge in [-0.15, -0.1) is 0 Å². The van der Waals surface area contributed by atoms with Gasteiger partial charge in [0.1, 0.15) is 0 Å². The molecule has 186 valence electrons. The highest BCUT2D eigenvalue weighted by molar-refractivity contribution is 7.89. The molecule has 1 aromatic carbocycles. The lowest BCUT2D eigenvalue weighted by atomic mass is 10.2. The molecular weight excluding hydrogens is 486 g/mol. The summed E-state index contributed by atoms with van der Waals surface area (Å²) in [5.74, 6) is -0.489. The molecule has 12 nitrogen and oxygen atoms in total. The monoisotopic (exact) mass is 513 g/mol. The molecule has 3 rings (SSSR count). The molecule has 0 saturated carbocycles. The van der Waals surface area contributed by atoms with Crippen LogP contribution in [0, 0.1) is 10.1 Å². The van der Waals surface area contributed by atoms with Gasteiger partial charge in [0.15, 0.2) is 5.13 Å². The first-order chi connectivity index (χ1) is 16.3. The Morgan fingerprint density at radius 1 is 1.18 bits per heavy atom. The van der Waals surface area contributed by atoms with Crippen LogP contribution in [0.1, 0.15) is 19.3 Å². The van der Waals surface area contributed by atoms with Gasteiger partial charge in [-0.05, 0) is 30.5 Å². The van der Waals surface area contributed by atoms with E-state index in [1.54, 1.807) is 23.8 Å². The van der Waals surface area contributed by atoms with Crippen molar-refractivity contribution in [3.63, 3.8) is 0 Å². The second kappa shape index (κ2) is 12.2. The number of thiazole rings is 1. The van der Waals surface area contributed by atoms with Crippen LogP contribution in [-0.4, -0.2) is 78.9 Å². The van der Waals surface area contributed by atoms with Gasteiger partial charge in [0.2, 0.25) is 15.9 Å². The average molecular weight is 514 g/mol. The number of rotatable bonds is 12. The van der Waals surface area contributed by atoms with Crippen LogP contribution in [0.15, 0.2) is 30.5 Å². The molecule has 1 fully saturated rings. The van der Waals surface area contributed by atoms with Crippen molar-refractivity contribution in [2.75, 3.05) is 50.0 Å². The van der Waals surface area contributed by atoms with E-state index in [1.165, 1.54) is 27.8 Å². The fourth-order valence-corrected chi connectivity index (χ4v) is 5.85. The van der Waals surface area contributed by atoms with Crippen molar-refractivity contribution in [1.29, 1.82) is 0 Å². The predicted molar refractivity (Wildman–Crippen MR) is 126 cm³/mol. The number of nitro groups is 1. The fourth-order valence-electron chi connectivity index (χ4n) is 3.41. The third-order valence-corrected chi connectivity index (χ3v) is 8.33. The molecule has 2 heterocycles. The van der Waals surface area contributed by atoms with Crippen LogP contribution in [0.5, 0.6) is 0 Å². The van der Waals surface area contributed by atoms with E-state index in [1.807, 2.05) is 4.90 Å². The van der Waals surface area contributed by atoms with Crippen LogP contribution in [-0.2, 0) is 19.6 Å². The van der Waals surface area contributed by atoms with Gasteiger partial charge < -0.3 is 9.64 Å². The van der Waals surface area contributed by atoms with Crippen molar-refractivity contribution < 1.29 is 28.1 Å².